The quantitative estimate of drug-likeness (QED) is 0.791. The topological polar surface area (TPSA) is 37.4 Å². The minimum Gasteiger partial charge on any atom is -0.268 e. The molecule has 6 heteroatoms. The van der Waals surface area contributed by atoms with Gasteiger partial charge < -0.3 is 0 Å². The molecule has 0 unspecified atom stereocenters. The summed E-state index contributed by atoms with van der Waals surface area (Å²) in [5.74, 6) is -1.41. The van der Waals surface area contributed by atoms with Crippen LogP contribution in [0.3, 0.4) is 0 Å². The Hall–Kier alpha value is -2.47. The summed E-state index contributed by atoms with van der Waals surface area (Å²) in [6, 6.07) is 11.7. The van der Waals surface area contributed by atoms with E-state index in [9.17, 15) is 18.4 Å². The molecule has 0 aliphatic carbocycles. The first kappa shape index (κ1) is 15.4. The second-order valence-electron chi connectivity index (χ2n) is 4.91. The van der Waals surface area contributed by atoms with E-state index in [2.05, 4.69) is 0 Å². The van der Waals surface area contributed by atoms with Gasteiger partial charge in [0.1, 0.15) is 11.6 Å². The Bertz CT molecular complexity index is 820. The molecule has 1 aliphatic heterocycles. The Balaban J connectivity index is 1.84. The van der Waals surface area contributed by atoms with Crippen LogP contribution in [-0.2, 0) is 11.3 Å². The number of rotatable bonds is 3. The number of thioether (sulfide) groups is 1. The van der Waals surface area contributed by atoms with E-state index in [4.69, 9.17) is 0 Å². The maximum atomic E-state index is 13.7. The second-order valence-corrected chi connectivity index (χ2v) is 5.91. The molecule has 0 saturated carbocycles. The maximum absolute atomic E-state index is 13.7. The van der Waals surface area contributed by atoms with E-state index in [1.165, 1.54) is 42.5 Å². The summed E-state index contributed by atoms with van der Waals surface area (Å²) < 4.78 is 26.9. The number of nitrogens with zero attached hydrogens (tertiary/aromatic N) is 1. The minimum atomic E-state index is -0.507. The van der Waals surface area contributed by atoms with Gasteiger partial charge in [0.25, 0.3) is 11.1 Å². The summed E-state index contributed by atoms with van der Waals surface area (Å²) in [7, 11) is 0. The van der Waals surface area contributed by atoms with Crippen molar-refractivity contribution in [2.75, 3.05) is 0 Å². The first-order chi connectivity index (χ1) is 11.0. The van der Waals surface area contributed by atoms with Crippen LogP contribution in [0.25, 0.3) is 6.08 Å². The highest BCUT2D eigenvalue weighted by molar-refractivity contribution is 8.18. The normalized spacial score (nSPS) is 16.4. The molecular formula is C17H11F2NO2S. The van der Waals surface area contributed by atoms with Gasteiger partial charge in [0.15, 0.2) is 0 Å². The van der Waals surface area contributed by atoms with Crippen molar-refractivity contribution in [1.82, 2.24) is 4.90 Å². The van der Waals surface area contributed by atoms with E-state index < -0.39 is 22.8 Å². The van der Waals surface area contributed by atoms with E-state index in [1.54, 1.807) is 12.1 Å². The highest BCUT2D eigenvalue weighted by atomic mass is 32.2. The fraction of sp³-hybridized carbons (Fsp3) is 0.0588. The lowest BCUT2D eigenvalue weighted by Crippen LogP contribution is -2.27. The summed E-state index contributed by atoms with van der Waals surface area (Å²) in [5, 5.41) is -0.471. The smallest absolute Gasteiger partial charge is 0.268 e. The van der Waals surface area contributed by atoms with E-state index in [0.717, 1.165) is 16.7 Å². The summed E-state index contributed by atoms with van der Waals surface area (Å²) in [6.07, 6.45) is 1.45. The second kappa shape index (κ2) is 6.34. The third kappa shape index (κ3) is 3.32. The van der Waals surface area contributed by atoms with Crippen LogP contribution in [-0.4, -0.2) is 16.0 Å². The van der Waals surface area contributed by atoms with Gasteiger partial charge in [-0.25, -0.2) is 8.78 Å². The number of amides is 2. The van der Waals surface area contributed by atoms with E-state index in [1.807, 2.05) is 0 Å². The first-order valence-corrected chi connectivity index (χ1v) is 7.60. The number of hydrogen-bond acceptors (Lipinski definition) is 3. The van der Waals surface area contributed by atoms with Crippen molar-refractivity contribution in [3.63, 3.8) is 0 Å². The third-order valence-corrected chi connectivity index (χ3v) is 4.21. The molecule has 3 rings (SSSR count). The van der Waals surface area contributed by atoms with Gasteiger partial charge in [-0.1, -0.05) is 30.3 Å². The Morgan fingerprint density at radius 2 is 1.83 bits per heavy atom. The van der Waals surface area contributed by atoms with Crippen LogP contribution in [0, 0.1) is 11.6 Å². The van der Waals surface area contributed by atoms with Crippen LogP contribution in [0.2, 0.25) is 0 Å². The maximum Gasteiger partial charge on any atom is 0.293 e. The molecule has 23 heavy (non-hydrogen) atoms. The van der Waals surface area contributed by atoms with Gasteiger partial charge in [-0.2, -0.15) is 0 Å². The van der Waals surface area contributed by atoms with Gasteiger partial charge >= 0.3 is 0 Å². The van der Waals surface area contributed by atoms with Gasteiger partial charge in [-0.15, -0.1) is 0 Å². The molecule has 1 fully saturated rings. The molecule has 2 aromatic rings. The molecule has 1 heterocycles. The molecule has 1 aliphatic rings. The predicted molar refractivity (Wildman–Crippen MR) is 84.3 cm³/mol. The van der Waals surface area contributed by atoms with E-state index >= 15 is 0 Å². The molecule has 0 atom stereocenters. The number of imide groups is 1. The van der Waals surface area contributed by atoms with Gasteiger partial charge in [-0.3, -0.25) is 14.5 Å². The van der Waals surface area contributed by atoms with Crippen LogP contribution < -0.4 is 0 Å². The molecule has 0 spiro atoms. The summed E-state index contributed by atoms with van der Waals surface area (Å²) in [4.78, 5) is 25.5. The zero-order valence-electron chi connectivity index (χ0n) is 11.8. The van der Waals surface area contributed by atoms with E-state index in [-0.39, 0.29) is 17.0 Å². The van der Waals surface area contributed by atoms with Crippen LogP contribution in [0.1, 0.15) is 11.1 Å². The van der Waals surface area contributed by atoms with Crippen molar-refractivity contribution in [3.05, 3.63) is 76.2 Å². The van der Waals surface area contributed by atoms with Crippen molar-refractivity contribution >= 4 is 29.0 Å². The molecule has 0 radical (unpaired) electrons. The first-order valence-electron chi connectivity index (χ1n) is 6.79. The van der Waals surface area contributed by atoms with E-state index in [0.29, 0.717) is 5.56 Å². The summed E-state index contributed by atoms with van der Waals surface area (Å²) in [6.45, 7) is -0.127. The van der Waals surface area contributed by atoms with Crippen molar-refractivity contribution in [2.45, 2.75) is 6.54 Å². The summed E-state index contributed by atoms with van der Waals surface area (Å²) in [5.41, 5.74) is 0.753. The predicted octanol–water partition coefficient (Wildman–Crippen LogP) is 4.20. The molecule has 2 amide bonds. The lowest BCUT2D eigenvalue weighted by Gasteiger charge is -2.12. The molecule has 0 aromatic heterocycles. The summed E-state index contributed by atoms with van der Waals surface area (Å²) >= 11 is 0.761. The molecule has 1 saturated heterocycles. The number of halogens is 2. The number of carbonyl (C=O) groups excluding carboxylic acids is 2. The fourth-order valence-electron chi connectivity index (χ4n) is 2.18. The Morgan fingerprint density at radius 3 is 2.57 bits per heavy atom. The molecule has 116 valence electrons. The molecule has 2 aromatic carbocycles. The minimum absolute atomic E-state index is 0.127. The van der Waals surface area contributed by atoms with Gasteiger partial charge in [-0.05, 0) is 41.6 Å². The zero-order valence-corrected chi connectivity index (χ0v) is 12.6. The van der Waals surface area contributed by atoms with Gasteiger partial charge in [0, 0.05) is 5.56 Å². The largest absolute Gasteiger partial charge is 0.293 e. The van der Waals surface area contributed by atoms with Crippen molar-refractivity contribution in [2.24, 2.45) is 0 Å². The molecule has 0 N–H and O–H groups in total. The molecular weight excluding hydrogens is 320 g/mol. The van der Waals surface area contributed by atoms with Crippen molar-refractivity contribution in [3.8, 4) is 0 Å². The average Bonchev–Trinajstić information content (AvgIpc) is 2.77. The highest BCUT2D eigenvalue weighted by Gasteiger charge is 2.35. The zero-order chi connectivity index (χ0) is 16.4. The highest BCUT2D eigenvalue weighted by Crippen LogP contribution is 2.33. The molecule has 0 bridgehead atoms. The van der Waals surface area contributed by atoms with Crippen molar-refractivity contribution in [1.29, 1.82) is 0 Å². The Kier molecular flexibility index (Phi) is 4.25. The standard InChI is InChI=1S/C17H11F2NO2S/c18-13-6-3-4-11(8-13)9-15-16(21)20(17(22)23-15)10-12-5-1-2-7-14(12)19/h1-9H,10H2. The number of carbonyl (C=O) groups is 2. The van der Waals surface area contributed by atoms with Crippen LogP contribution in [0.4, 0.5) is 13.6 Å². The lowest BCUT2D eigenvalue weighted by atomic mass is 10.2. The Morgan fingerprint density at radius 1 is 1.04 bits per heavy atom. The Labute approximate surface area is 135 Å². The van der Waals surface area contributed by atoms with Crippen LogP contribution >= 0.6 is 11.8 Å². The van der Waals surface area contributed by atoms with Gasteiger partial charge in [0.05, 0.1) is 11.4 Å². The number of benzene rings is 2. The van der Waals surface area contributed by atoms with Gasteiger partial charge in [0.2, 0.25) is 0 Å². The monoisotopic (exact) mass is 331 g/mol. The van der Waals surface area contributed by atoms with Crippen LogP contribution in [0.5, 0.6) is 0 Å². The lowest BCUT2D eigenvalue weighted by molar-refractivity contribution is -0.123. The average molecular weight is 331 g/mol. The number of hydrogen-bond donors (Lipinski definition) is 0. The van der Waals surface area contributed by atoms with Crippen molar-refractivity contribution < 1.29 is 18.4 Å². The SMILES string of the molecule is O=C1SC(=Cc2cccc(F)c2)C(=O)N1Cc1ccccc1F. The third-order valence-electron chi connectivity index (χ3n) is 3.31. The molecule has 3 nitrogen and oxygen atoms in total. The fourth-order valence-corrected chi connectivity index (χ4v) is 3.02. The van der Waals surface area contributed by atoms with Crippen LogP contribution in [0.15, 0.2) is 53.4 Å².